The topological polar surface area (TPSA) is 47.6 Å². The summed E-state index contributed by atoms with van der Waals surface area (Å²) in [6.45, 7) is 11.2. The first kappa shape index (κ1) is 19.7. The first-order valence-electron chi connectivity index (χ1n) is 9.58. The van der Waals surface area contributed by atoms with Crippen molar-refractivity contribution in [2.45, 2.75) is 65.1 Å². The van der Waals surface area contributed by atoms with Crippen molar-refractivity contribution in [3.05, 3.63) is 35.9 Å². The molecule has 1 fully saturated rings. The van der Waals surface area contributed by atoms with Gasteiger partial charge in [-0.2, -0.15) is 0 Å². The monoisotopic (exact) mass is 346 g/mol. The van der Waals surface area contributed by atoms with Crippen molar-refractivity contribution in [2.24, 2.45) is 0 Å². The lowest BCUT2D eigenvalue weighted by atomic mass is 10.0. The number of nitrogens with zero attached hydrogens (tertiary/aromatic N) is 2. The highest BCUT2D eigenvalue weighted by Crippen LogP contribution is 2.19. The molecule has 1 aliphatic heterocycles. The van der Waals surface area contributed by atoms with E-state index in [4.69, 9.17) is 0 Å². The molecule has 0 unspecified atom stereocenters. The molecular formula is C20H34N4O. The SMILES string of the molecule is CC(C)N(CCNC(=O)NN1CCC[C@H]1Cc1ccccc1)C(C)C. The minimum atomic E-state index is -0.0903. The van der Waals surface area contributed by atoms with Gasteiger partial charge in [0.2, 0.25) is 0 Å². The third-order valence-electron chi connectivity index (χ3n) is 4.92. The lowest BCUT2D eigenvalue weighted by Crippen LogP contribution is -2.51. The van der Waals surface area contributed by atoms with E-state index in [2.05, 4.69) is 72.6 Å². The van der Waals surface area contributed by atoms with Gasteiger partial charge in [0.1, 0.15) is 0 Å². The number of hydrazine groups is 1. The van der Waals surface area contributed by atoms with E-state index >= 15 is 0 Å². The van der Waals surface area contributed by atoms with Gasteiger partial charge < -0.3 is 5.32 Å². The van der Waals surface area contributed by atoms with Crippen molar-refractivity contribution in [3.63, 3.8) is 0 Å². The first-order chi connectivity index (χ1) is 12.0. The van der Waals surface area contributed by atoms with Crippen LogP contribution in [0.1, 0.15) is 46.1 Å². The minimum absolute atomic E-state index is 0.0903. The van der Waals surface area contributed by atoms with E-state index in [1.165, 1.54) is 5.56 Å². The zero-order valence-corrected chi connectivity index (χ0v) is 16.2. The molecule has 1 atom stereocenters. The van der Waals surface area contributed by atoms with Crippen molar-refractivity contribution < 1.29 is 4.79 Å². The maximum absolute atomic E-state index is 12.2. The van der Waals surface area contributed by atoms with Gasteiger partial charge in [0, 0.05) is 37.8 Å². The van der Waals surface area contributed by atoms with Crippen LogP contribution < -0.4 is 10.7 Å². The molecule has 140 valence electrons. The third-order valence-corrected chi connectivity index (χ3v) is 4.92. The number of rotatable bonds is 8. The first-order valence-corrected chi connectivity index (χ1v) is 9.58. The molecule has 1 aromatic rings. The Morgan fingerprint density at radius 2 is 1.88 bits per heavy atom. The molecule has 0 aliphatic carbocycles. The van der Waals surface area contributed by atoms with Crippen LogP contribution in [0.3, 0.4) is 0 Å². The molecule has 0 aromatic heterocycles. The fourth-order valence-electron chi connectivity index (χ4n) is 3.66. The van der Waals surface area contributed by atoms with Crippen molar-refractivity contribution in [2.75, 3.05) is 19.6 Å². The third kappa shape index (κ3) is 6.33. The highest BCUT2D eigenvalue weighted by atomic mass is 16.2. The maximum atomic E-state index is 12.2. The number of urea groups is 1. The summed E-state index contributed by atoms with van der Waals surface area (Å²) in [5, 5.41) is 5.10. The molecule has 0 bridgehead atoms. The summed E-state index contributed by atoms with van der Waals surface area (Å²) in [6, 6.07) is 11.8. The lowest BCUT2D eigenvalue weighted by molar-refractivity contribution is 0.156. The van der Waals surface area contributed by atoms with Crippen LogP contribution in [0, 0.1) is 0 Å². The molecule has 0 spiro atoms. The minimum Gasteiger partial charge on any atom is -0.336 e. The van der Waals surface area contributed by atoms with E-state index in [9.17, 15) is 4.79 Å². The van der Waals surface area contributed by atoms with Crippen LogP contribution in [0.15, 0.2) is 30.3 Å². The quantitative estimate of drug-likeness (QED) is 0.761. The van der Waals surface area contributed by atoms with Crippen LogP contribution >= 0.6 is 0 Å². The Kier molecular flexibility index (Phi) is 7.72. The van der Waals surface area contributed by atoms with Gasteiger partial charge in [-0.05, 0) is 52.5 Å². The molecule has 1 heterocycles. The van der Waals surface area contributed by atoms with E-state index in [1.807, 2.05) is 6.07 Å². The zero-order chi connectivity index (χ0) is 18.2. The summed E-state index contributed by atoms with van der Waals surface area (Å²) >= 11 is 0. The Labute approximate surface area is 152 Å². The number of hydrogen-bond acceptors (Lipinski definition) is 3. The van der Waals surface area contributed by atoms with Crippen LogP contribution in [0.25, 0.3) is 0 Å². The maximum Gasteiger partial charge on any atom is 0.329 e. The highest BCUT2D eigenvalue weighted by molar-refractivity contribution is 5.73. The average Bonchev–Trinajstić information content (AvgIpc) is 2.98. The molecular weight excluding hydrogens is 312 g/mol. The molecule has 2 rings (SSSR count). The van der Waals surface area contributed by atoms with Crippen LogP contribution in [-0.4, -0.2) is 53.7 Å². The van der Waals surface area contributed by atoms with Crippen LogP contribution in [-0.2, 0) is 6.42 Å². The molecule has 25 heavy (non-hydrogen) atoms. The van der Waals surface area contributed by atoms with Gasteiger partial charge >= 0.3 is 6.03 Å². The Hall–Kier alpha value is -1.59. The molecule has 0 radical (unpaired) electrons. The number of amides is 2. The fraction of sp³-hybridized carbons (Fsp3) is 0.650. The van der Waals surface area contributed by atoms with Crippen LogP contribution in [0.5, 0.6) is 0 Å². The largest absolute Gasteiger partial charge is 0.336 e. The molecule has 0 saturated carbocycles. The Bertz CT molecular complexity index is 510. The molecule has 5 nitrogen and oxygen atoms in total. The van der Waals surface area contributed by atoms with Gasteiger partial charge in [-0.15, -0.1) is 0 Å². The number of carbonyl (C=O) groups excluding carboxylic acids is 1. The molecule has 2 N–H and O–H groups in total. The summed E-state index contributed by atoms with van der Waals surface area (Å²) in [4.78, 5) is 14.6. The van der Waals surface area contributed by atoms with E-state index in [1.54, 1.807) is 0 Å². The zero-order valence-electron chi connectivity index (χ0n) is 16.2. The average molecular weight is 347 g/mol. The van der Waals surface area contributed by atoms with Gasteiger partial charge in [0.05, 0.1) is 0 Å². The van der Waals surface area contributed by atoms with E-state index in [0.29, 0.717) is 24.7 Å². The predicted octanol–water partition coefficient (Wildman–Crippen LogP) is 3.03. The normalized spacial score (nSPS) is 18.3. The van der Waals surface area contributed by atoms with E-state index in [0.717, 1.165) is 32.4 Å². The second-order valence-electron chi connectivity index (χ2n) is 7.47. The second-order valence-corrected chi connectivity index (χ2v) is 7.47. The van der Waals surface area contributed by atoms with Gasteiger partial charge in [0.25, 0.3) is 0 Å². The summed E-state index contributed by atoms with van der Waals surface area (Å²) in [5.41, 5.74) is 4.37. The molecule has 1 saturated heterocycles. The van der Waals surface area contributed by atoms with Gasteiger partial charge in [-0.1, -0.05) is 30.3 Å². The van der Waals surface area contributed by atoms with E-state index in [-0.39, 0.29) is 6.03 Å². The van der Waals surface area contributed by atoms with Crippen LogP contribution in [0.2, 0.25) is 0 Å². The molecule has 1 aromatic carbocycles. The molecule has 2 amide bonds. The predicted molar refractivity (Wildman–Crippen MR) is 103 cm³/mol. The van der Waals surface area contributed by atoms with Crippen molar-refractivity contribution in [1.29, 1.82) is 0 Å². The lowest BCUT2D eigenvalue weighted by Gasteiger charge is -2.30. The van der Waals surface area contributed by atoms with Crippen LogP contribution in [0.4, 0.5) is 4.79 Å². The number of carbonyl (C=O) groups is 1. The number of hydrogen-bond donors (Lipinski definition) is 2. The summed E-state index contributed by atoms with van der Waals surface area (Å²) in [7, 11) is 0. The summed E-state index contributed by atoms with van der Waals surface area (Å²) in [5.74, 6) is 0. The number of benzene rings is 1. The van der Waals surface area contributed by atoms with Crippen molar-refractivity contribution >= 4 is 6.03 Å². The summed E-state index contributed by atoms with van der Waals surface area (Å²) in [6.07, 6.45) is 3.24. The molecule has 5 heteroatoms. The fourth-order valence-corrected chi connectivity index (χ4v) is 3.66. The van der Waals surface area contributed by atoms with Crippen molar-refractivity contribution in [1.82, 2.24) is 20.7 Å². The summed E-state index contributed by atoms with van der Waals surface area (Å²) < 4.78 is 0. The number of nitrogens with one attached hydrogen (secondary N) is 2. The van der Waals surface area contributed by atoms with Gasteiger partial charge in [-0.3, -0.25) is 10.3 Å². The Balaban J connectivity index is 1.75. The van der Waals surface area contributed by atoms with Crippen molar-refractivity contribution in [3.8, 4) is 0 Å². The standard InChI is InChI=1S/C20H34N4O/c1-16(2)23(17(3)4)14-12-21-20(25)22-24-13-8-11-19(24)15-18-9-6-5-7-10-18/h5-7,9-10,16-17,19H,8,11-15H2,1-4H3,(H2,21,22,25)/t19-/m0/s1. The van der Waals surface area contributed by atoms with Gasteiger partial charge in [-0.25, -0.2) is 9.80 Å². The Morgan fingerprint density at radius 1 is 1.20 bits per heavy atom. The highest BCUT2D eigenvalue weighted by Gasteiger charge is 2.26. The van der Waals surface area contributed by atoms with E-state index < -0.39 is 0 Å². The van der Waals surface area contributed by atoms with Gasteiger partial charge in [0.15, 0.2) is 0 Å². The molecule has 1 aliphatic rings. The second kappa shape index (κ2) is 9.78. The smallest absolute Gasteiger partial charge is 0.329 e. The Morgan fingerprint density at radius 3 is 2.52 bits per heavy atom.